The molecule has 46 heavy (non-hydrogen) atoms. The van der Waals surface area contributed by atoms with Crippen molar-refractivity contribution in [1.29, 1.82) is 0 Å². The molecule has 0 spiro atoms. The van der Waals surface area contributed by atoms with Gasteiger partial charge < -0.3 is 4.81 Å². The highest BCUT2D eigenvalue weighted by Crippen LogP contribution is 2.44. The lowest BCUT2D eigenvalue weighted by atomic mass is 9.44. The van der Waals surface area contributed by atoms with Gasteiger partial charge in [0.05, 0.1) is 0 Å². The predicted octanol–water partition coefficient (Wildman–Crippen LogP) is 9.93. The number of rotatable bonds is 4. The van der Waals surface area contributed by atoms with E-state index in [1.165, 1.54) is 77.8 Å². The van der Waals surface area contributed by atoms with Crippen LogP contribution in [0.5, 0.6) is 0 Å². The summed E-state index contributed by atoms with van der Waals surface area (Å²) in [5.41, 5.74) is 17.6. The Morgan fingerprint density at radius 3 is 1.61 bits per heavy atom. The Morgan fingerprint density at radius 1 is 0.370 bits per heavy atom. The van der Waals surface area contributed by atoms with Crippen LogP contribution in [-0.2, 0) is 0 Å². The summed E-state index contributed by atoms with van der Waals surface area (Å²) in [6.45, 7) is 0.0955. The Hall–Kier alpha value is -5.86. The molecule has 0 unspecified atom stereocenters. The van der Waals surface area contributed by atoms with E-state index in [2.05, 4.69) is 187 Å². The van der Waals surface area contributed by atoms with Gasteiger partial charge in [0.15, 0.2) is 0 Å². The second-order valence-electron chi connectivity index (χ2n) is 12.2. The molecule has 214 valence electrons. The van der Waals surface area contributed by atoms with Gasteiger partial charge in [-0.3, -0.25) is 0 Å². The van der Waals surface area contributed by atoms with Crippen LogP contribution in [0.1, 0.15) is 5.56 Å². The number of benzene rings is 7. The van der Waals surface area contributed by atoms with Gasteiger partial charge in [0.2, 0.25) is 0 Å². The molecule has 0 saturated carbocycles. The Labute approximate surface area is 270 Å². The fourth-order valence-electron chi connectivity index (χ4n) is 7.33. The topological polar surface area (TPSA) is 3.24 Å². The van der Waals surface area contributed by atoms with E-state index in [4.69, 9.17) is 0 Å². The first-order valence-corrected chi connectivity index (χ1v) is 16.0. The van der Waals surface area contributed by atoms with Crippen LogP contribution in [0.2, 0.25) is 0 Å². The van der Waals surface area contributed by atoms with E-state index < -0.39 is 0 Å². The maximum atomic E-state index is 2.48. The summed E-state index contributed by atoms with van der Waals surface area (Å²) < 4.78 is 0. The fraction of sp³-hybridized carbons (Fsp3) is 0. The van der Waals surface area contributed by atoms with Crippen molar-refractivity contribution in [3.05, 3.63) is 182 Å². The van der Waals surface area contributed by atoms with Crippen molar-refractivity contribution < 1.29 is 0 Å². The molecule has 2 aliphatic rings. The molecule has 9 rings (SSSR count). The lowest BCUT2D eigenvalue weighted by molar-refractivity contribution is 1.36. The third-order valence-corrected chi connectivity index (χ3v) is 9.49. The normalized spacial score (nSPS) is 12.6. The number of hydrogen-bond donors (Lipinski definition) is 0. The van der Waals surface area contributed by atoms with Crippen LogP contribution < -0.4 is 15.7 Å². The van der Waals surface area contributed by atoms with Crippen LogP contribution >= 0.6 is 0 Å². The van der Waals surface area contributed by atoms with Crippen molar-refractivity contribution in [3.63, 3.8) is 0 Å². The summed E-state index contributed by atoms with van der Waals surface area (Å²) in [5.74, 6) is 0. The first-order valence-electron chi connectivity index (χ1n) is 16.0. The molecule has 0 amide bonds. The van der Waals surface area contributed by atoms with Crippen LogP contribution in [0.15, 0.2) is 176 Å². The summed E-state index contributed by atoms with van der Waals surface area (Å²) >= 11 is 0. The van der Waals surface area contributed by atoms with E-state index >= 15 is 0 Å². The van der Waals surface area contributed by atoms with Crippen molar-refractivity contribution in [2.45, 2.75) is 0 Å². The maximum Gasteiger partial charge on any atom is 0.328 e. The summed E-state index contributed by atoms with van der Waals surface area (Å²) in [4.78, 5) is 2.48. The molecule has 7 aromatic carbocycles. The Bertz CT molecular complexity index is 2200. The molecular formula is C44H30BN. The molecular weight excluding hydrogens is 553 g/mol. The van der Waals surface area contributed by atoms with Crippen LogP contribution in [0, 0.1) is 0 Å². The first-order chi connectivity index (χ1) is 22.8. The highest BCUT2D eigenvalue weighted by atomic mass is 15.1. The van der Waals surface area contributed by atoms with Crippen LogP contribution in [0.25, 0.3) is 61.7 Å². The lowest BCUT2D eigenvalue weighted by Crippen LogP contribution is -2.59. The standard InChI is InChI=1S/C44H30BN/c1-4-13-31(14-5-1)36-27-37(32-15-6-2-7-16-32)29-38(28-36)35-23-24-40-43(30-35)46-26-25-34-19-10-11-21-41(34)45(46)42-22-12-20-39(44(40)42)33-17-8-3-9-18-33/h1-30H. The summed E-state index contributed by atoms with van der Waals surface area (Å²) in [5, 5.41) is 0. The van der Waals surface area contributed by atoms with E-state index in [-0.39, 0.29) is 6.85 Å². The molecule has 0 saturated heterocycles. The molecule has 0 aromatic heterocycles. The minimum Gasteiger partial charge on any atom is -0.382 e. The van der Waals surface area contributed by atoms with E-state index in [0.717, 1.165) is 0 Å². The molecule has 2 aliphatic heterocycles. The third kappa shape index (κ3) is 4.42. The molecule has 0 fully saturated rings. The second-order valence-corrected chi connectivity index (χ2v) is 12.2. The zero-order valence-corrected chi connectivity index (χ0v) is 25.3. The summed E-state index contributed by atoms with van der Waals surface area (Å²) in [6, 6.07) is 62.0. The monoisotopic (exact) mass is 583 g/mol. The minimum absolute atomic E-state index is 0.0955. The van der Waals surface area contributed by atoms with Crippen molar-refractivity contribution in [1.82, 2.24) is 0 Å². The van der Waals surface area contributed by atoms with Gasteiger partial charge >= 0.3 is 6.85 Å². The van der Waals surface area contributed by atoms with Crippen LogP contribution in [0.4, 0.5) is 5.69 Å². The molecule has 0 aliphatic carbocycles. The van der Waals surface area contributed by atoms with Crippen LogP contribution in [-0.4, -0.2) is 6.85 Å². The predicted molar refractivity (Wildman–Crippen MR) is 197 cm³/mol. The van der Waals surface area contributed by atoms with Gasteiger partial charge in [0.25, 0.3) is 0 Å². The quantitative estimate of drug-likeness (QED) is 0.187. The average molecular weight is 584 g/mol. The summed E-state index contributed by atoms with van der Waals surface area (Å²) in [6.07, 6.45) is 4.54. The minimum atomic E-state index is 0.0955. The van der Waals surface area contributed by atoms with Gasteiger partial charge in [0.1, 0.15) is 0 Å². The Morgan fingerprint density at radius 2 is 0.935 bits per heavy atom. The fourth-order valence-corrected chi connectivity index (χ4v) is 7.33. The molecule has 2 heterocycles. The average Bonchev–Trinajstić information content (AvgIpc) is 3.15. The van der Waals surface area contributed by atoms with Crippen LogP contribution in [0.3, 0.4) is 0 Å². The summed E-state index contributed by atoms with van der Waals surface area (Å²) in [7, 11) is 0. The van der Waals surface area contributed by atoms with E-state index in [1.54, 1.807) is 0 Å². The zero-order chi connectivity index (χ0) is 30.5. The first kappa shape index (κ1) is 26.5. The van der Waals surface area contributed by atoms with Gasteiger partial charge in [-0.15, -0.1) is 0 Å². The largest absolute Gasteiger partial charge is 0.382 e. The molecule has 1 nitrogen and oxygen atoms in total. The van der Waals surface area contributed by atoms with Crippen molar-refractivity contribution in [2.75, 3.05) is 4.81 Å². The van der Waals surface area contributed by atoms with Gasteiger partial charge in [-0.2, -0.15) is 0 Å². The highest BCUT2D eigenvalue weighted by molar-refractivity contribution is 6.91. The highest BCUT2D eigenvalue weighted by Gasteiger charge is 2.39. The molecule has 7 aromatic rings. The number of fused-ring (bicyclic) bond motifs is 8. The third-order valence-electron chi connectivity index (χ3n) is 9.49. The molecule has 0 radical (unpaired) electrons. The van der Waals surface area contributed by atoms with E-state index in [1.807, 2.05) is 0 Å². The van der Waals surface area contributed by atoms with E-state index in [0.29, 0.717) is 0 Å². The van der Waals surface area contributed by atoms with Crippen molar-refractivity contribution in [3.8, 4) is 55.6 Å². The van der Waals surface area contributed by atoms with Gasteiger partial charge in [-0.1, -0.05) is 146 Å². The lowest BCUT2D eigenvalue weighted by Gasteiger charge is -2.40. The van der Waals surface area contributed by atoms with Gasteiger partial charge in [-0.25, -0.2) is 0 Å². The SMILES string of the molecule is C1=CN2B(c3ccccc31)c1cccc(-c3ccccc3)c1-c1ccc(-c3cc(-c4ccccc4)cc(-c4ccccc4)c3)cc12. The van der Waals surface area contributed by atoms with E-state index in [9.17, 15) is 0 Å². The molecule has 0 N–H and O–H groups in total. The zero-order valence-electron chi connectivity index (χ0n) is 25.3. The smallest absolute Gasteiger partial charge is 0.328 e. The molecule has 0 atom stereocenters. The van der Waals surface area contributed by atoms with Gasteiger partial charge in [-0.05, 0) is 103 Å². The number of anilines is 1. The number of nitrogens with zero attached hydrogens (tertiary/aromatic N) is 1. The van der Waals surface area contributed by atoms with Crippen molar-refractivity contribution in [2.24, 2.45) is 0 Å². The number of hydrogen-bond acceptors (Lipinski definition) is 1. The second kappa shape index (κ2) is 10.9. The van der Waals surface area contributed by atoms with Gasteiger partial charge in [0, 0.05) is 11.3 Å². The Balaban J connectivity index is 1.28. The molecule has 2 heteroatoms. The molecule has 0 bridgehead atoms. The van der Waals surface area contributed by atoms with Crippen molar-refractivity contribution >= 4 is 29.5 Å². The Kier molecular flexibility index (Phi) is 6.31. The maximum absolute atomic E-state index is 2.48.